The first kappa shape index (κ1) is 37.2. The number of piperazine rings is 1. The van der Waals surface area contributed by atoms with Crippen molar-refractivity contribution in [3.8, 4) is 0 Å². The van der Waals surface area contributed by atoms with Gasteiger partial charge in [-0.3, -0.25) is 14.8 Å². The molecule has 11 nitrogen and oxygen atoms in total. The number of halogens is 2. The van der Waals surface area contributed by atoms with E-state index in [1.165, 1.54) is 12.1 Å². The SMILES string of the molecule is CC(C)(C)OC(=O)N1CC2(CCC(N3CCN(c4ccc(C(=O)Nc5n[nH]c6ccc(Cc7cc(F)cc(F)c7)cc56)c(NC5CCOCC5)c4)CC3)C2)C1. The third kappa shape index (κ3) is 8.42. The molecule has 4 fully saturated rings. The molecule has 55 heavy (non-hydrogen) atoms. The number of amides is 2. The predicted octanol–water partition coefficient (Wildman–Crippen LogP) is 7.19. The highest BCUT2D eigenvalue weighted by molar-refractivity contribution is 6.11. The average Bonchev–Trinajstić information content (AvgIpc) is 3.75. The van der Waals surface area contributed by atoms with Crippen molar-refractivity contribution in [1.29, 1.82) is 0 Å². The first-order chi connectivity index (χ1) is 26.4. The maximum absolute atomic E-state index is 14.0. The third-order valence-electron chi connectivity index (χ3n) is 11.6. The molecule has 0 radical (unpaired) electrons. The van der Waals surface area contributed by atoms with Crippen LogP contribution in [0.15, 0.2) is 54.6 Å². The molecule has 1 atom stereocenters. The lowest BCUT2D eigenvalue weighted by Gasteiger charge is -2.48. The van der Waals surface area contributed by atoms with Gasteiger partial charge in [-0.15, -0.1) is 0 Å². The molecule has 13 heteroatoms. The van der Waals surface area contributed by atoms with E-state index < -0.39 is 17.2 Å². The molecular weight excluding hydrogens is 705 g/mol. The van der Waals surface area contributed by atoms with Crippen LogP contribution in [0.3, 0.4) is 0 Å². The smallest absolute Gasteiger partial charge is 0.410 e. The van der Waals surface area contributed by atoms with Crippen LogP contribution in [-0.2, 0) is 15.9 Å². The molecule has 292 valence electrons. The van der Waals surface area contributed by atoms with Gasteiger partial charge in [-0.1, -0.05) is 6.07 Å². The molecule has 0 bridgehead atoms. The van der Waals surface area contributed by atoms with E-state index in [4.69, 9.17) is 9.47 Å². The molecule has 3 saturated heterocycles. The summed E-state index contributed by atoms with van der Waals surface area (Å²) in [6.45, 7) is 12.4. The molecule has 3 aliphatic heterocycles. The first-order valence-corrected chi connectivity index (χ1v) is 19.6. The van der Waals surface area contributed by atoms with Gasteiger partial charge < -0.3 is 29.9 Å². The van der Waals surface area contributed by atoms with E-state index in [2.05, 4.69) is 36.7 Å². The molecular formula is C42H51F2N7O4. The molecule has 4 aromatic rings. The van der Waals surface area contributed by atoms with Crippen molar-refractivity contribution in [3.63, 3.8) is 0 Å². The van der Waals surface area contributed by atoms with E-state index in [0.717, 1.165) is 99.9 Å². The van der Waals surface area contributed by atoms with Crippen LogP contribution >= 0.6 is 0 Å². The third-order valence-corrected chi connectivity index (χ3v) is 11.6. The number of aromatic nitrogens is 2. The van der Waals surface area contributed by atoms with Crippen molar-refractivity contribution >= 4 is 40.1 Å². The molecule has 4 aliphatic rings. The fourth-order valence-corrected chi connectivity index (χ4v) is 8.84. The minimum Gasteiger partial charge on any atom is -0.444 e. The number of ether oxygens (including phenoxy) is 2. The van der Waals surface area contributed by atoms with Gasteiger partial charge in [0.2, 0.25) is 0 Å². The zero-order valence-electron chi connectivity index (χ0n) is 31.9. The summed E-state index contributed by atoms with van der Waals surface area (Å²) >= 11 is 0. The van der Waals surface area contributed by atoms with Crippen LogP contribution in [0.2, 0.25) is 0 Å². The fraction of sp³-hybridized carbons (Fsp3) is 0.500. The highest BCUT2D eigenvalue weighted by Gasteiger charge is 2.51. The number of carbonyl (C=O) groups is 2. The first-order valence-electron chi connectivity index (χ1n) is 19.6. The minimum absolute atomic E-state index is 0.182. The summed E-state index contributed by atoms with van der Waals surface area (Å²) in [6.07, 6.45) is 5.25. The number of rotatable bonds is 8. The van der Waals surface area contributed by atoms with Crippen molar-refractivity contribution in [2.24, 2.45) is 5.41 Å². The molecule has 1 aromatic heterocycles. The number of fused-ring (bicyclic) bond motifs is 1. The van der Waals surface area contributed by atoms with E-state index in [1.54, 1.807) is 0 Å². The van der Waals surface area contributed by atoms with Crippen LogP contribution in [0.5, 0.6) is 0 Å². The Morgan fingerprint density at radius 2 is 1.69 bits per heavy atom. The van der Waals surface area contributed by atoms with Gasteiger partial charge in [0.05, 0.1) is 11.1 Å². The second kappa shape index (κ2) is 15.1. The molecule has 3 aromatic carbocycles. The minimum atomic E-state index is -0.618. The van der Waals surface area contributed by atoms with E-state index in [-0.39, 0.29) is 23.5 Å². The zero-order valence-corrected chi connectivity index (χ0v) is 31.9. The Kier molecular flexibility index (Phi) is 10.2. The molecule has 4 heterocycles. The van der Waals surface area contributed by atoms with E-state index in [0.29, 0.717) is 48.0 Å². The maximum atomic E-state index is 14.0. The van der Waals surface area contributed by atoms with Crippen molar-refractivity contribution < 1.29 is 27.8 Å². The quantitative estimate of drug-likeness (QED) is 0.173. The number of nitrogens with one attached hydrogen (secondary N) is 3. The van der Waals surface area contributed by atoms with Crippen molar-refractivity contribution in [2.75, 3.05) is 68.0 Å². The number of hydrogen-bond acceptors (Lipinski definition) is 8. The predicted molar refractivity (Wildman–Crippen MR) is 209 cm³/mol. The number of H-pyrrole nitrogens is 1. The van der Waals surface area contributed by atoms with Crippen molar-refractivity contribution in [3.05, 3.63) is 82.9 Å². The topological polar surface area (TPSA) is 115 Å². The second-order valence-corrected chi connectivity index (χ2v) is 16.9. The maximum Gasteiger partial charge on any atom is 0.410 e. The number of anilines is 3. The van der Waals surface area contributed by atoms with E-state index in [9.17, 15) is 18.4 Å². The summed E-state index contributed by atoms with van der Waals surface area (Å²) in [4.78, 5) is 33.4. The largest absolute Gasteiger partial charge is 0.444 e. The molecule has 1 aliphatic carbocycles. The van der Waals surface area contributed by atoms with Crippen LogP contribution in [0.1, 0.15) is 74.4 Å². The Hall–Kier alpha value is -4.75. The lowest BCUT2D eigenvalue weighted by molar-refractivity contribution is -0.0344. The van der Waals surface area contributed by atoms with Gasteiger partial charge >= 0.3 is 6.09 Å². The molecule has 1 spiro atoms. The van der Waals surface area contributed by atoms with Crippen LogP contribution in [-0.4, -0.2) is 102 Å². The molecule has 1 unspecified atom stereocenters. The standard InChI is InChI=1S/C42H51F2N7O4/c1-41(2,3)55-40(53)51-25-42(26-51)11-8-33(24-42)50-14-12-49(13-15-50)32-5-6-34(37(23-32)45-31-9-16-54-17-10-31)39(52)46-38-35-21-27(4-7-36(35)47-48-38)18-28-19-29(43)22-30(44)20-28/h4-7,19-23,31,33,45H,8-18,24-26H2,1-3H3,(H2,46,47,48,52). The zero-order chi connectivity index (χ0) is 38.3. The Bertz CT molecular complexity index is 2020. The lowest BCUT2D eigenvalue weighted by Crippen LogP contribution is -2.59. The van der Waals surface area contributed by atoms with E-state index >= 15 is 0 Å². The summed E-state index contributed by atoms with van der Waals surface area (Å²) in [5, 5.41) is 14.8. The van der Waals surface area contributed by atoms with Gasteiger partial charge in [-0.05, 0) is 113 Å². The summed E-state index contributed by atoms with van der Waals surface area (Å²) in [6, 6.07) is 15.9. The van der Waals surface area contributed by atoms with Gasteiger partial charge in [0.15, 0.2) is 5.82 Å². The Morgan fingerprint density at radius 3 is 2.42 bits per heavy atom. The Labute approximate surface area is 320 Å². The number of carbonyl (C=O) groups excluding carboxylic acids is 2. The van der Waals surface area contributed by atoms with Crippen molar-refractivity contribution in [2.45, 2.75) is 77.0 Å². The summed E-state index contributed by atoms with van der Waals surface area (Å²) in [5.74, 6) is -1.13. The Morgan fingerprint density at radius 1 is 0.945 bits per heavy atom. The van der Waals surface area contributed by atoms with Gasteiger partial charge in [0, 0.05) is 92.8 Å². The summed E-state index contributed by atoms with van der Waals surface area (Å²) < 4.78 is 38.9. The highest BCUT2D eigenvalue weighted by Crippen LogP contribution is 2.47. The number of hydrogen-bond donors (Lipinski definition) is 3. The average molecular weight is 756 g/mol. The number of nitrogens with zero attached hydrogens (tertiary/aromatic N) is 4. The summed E-state index contributed by atoms with van der Waals surface area (Å²) in [5.41, 5.74) is 4.20. The van der Waals surface area contributed by atoms with Gasteiger partial charge in [-0.25, -0.2) is 13.6 Å². The van der Waals surface area contributed by atoms with Crippen LogP contribution < -0.4 is 15.5 Å². The van der Waals surface area contributed by atoms with Crippen LogP contribution in [0, 0.1) is 17.0 Å². The van der Waals surface area contributed by atoms with E-state index in [1.807, 2.05) is 56.0 Å². The highest BCUT2D eigenvalue weighted by atomic mass is 19.1. The van der Waals surface area contributed by atoms with Crippen LogP contribution in [0.25, 0.3) is 10.9 Å². The number of likely N-dealkylation sites (tertiary alicyclic amines) is 1. The Balaban J connectivity index is 0.931. The fourth-order valence-electron chi connectivity index (χ4n) is 8.84. The monoisotopic (exact) mass is 755 g/mol. The van der Waals surface area contributed by atoms with Gasteiger partial charge in [-0.2, -0.15) is 5.10 Å². The molecule has 1 saturated carbocycles. The van der Waals surface area contributed by atoms with Gasteiger partial charge in [0.25, 0.3) is 5.91 Å². The summed E-state index contributed by atoms with van der Waals surface area (Å²) in [7, 11) is 0. The number of benzene rings is 3. The molecule has 3 N–H and O–H groups in total. The second-order valence-electron chi connectivity index (χ2n) is 16.9. The normalized spacial score (nSPS) is 20.5. The van der Waals surface area contributed by atoms with Crippen molar-refractivity contribution in [1.82, 2.24) is 20.0 Å². The number of aromatic amines is 1. The lowest BCUT2D eigenvalue weighted by atomic mass is 9.78. The van der Waals surface area contributed by atoms with Crippen LogP contribution in [0.4, 0.5) is 30.8 Å². The molecule has 2 amide bonds. The van der Waals surface area contributed by atoms with Gasteiger partial charge in [0.1, 0.15) is 17.2 Å². The molecule has 8 rings (SSSR count).